The van der Waals surface area contributed by atoms with Crippen LogP contribution >= 0.6 is 11.3 Å². The molecule has 2 aliphatic rings. The Hall–Kier alpha value is -4.19. The summed E-state index contributed by atoms with van der Waals surface area (Å²) in [7, 11) is 4.86. The van der Waals surface area contributed by atoms with E-state index in [1.165, 1.54) is 23.5 Å². The smallest absolute Gasteiger partial charge is 0.425 e. The zero-order valence-corrected chi connectivity index (χ0v) is 35.2. The van der Waals surface area contributed by atoms with Crippen molar-refractivity contribution in [2.75, 3.05) is 41.1 Å². The molecule has 7 atom stereocenters. The number of hydrogen-bond acceptors (Lipinski definition) is 11. The van der Waals surface area contributed by atoms with Crippen LogP contribution in [0.2, 0.25) is 0 Å². The highest BCUT2D eigenvalue weighted by Crippen LogP contribution is 2.34. The molecule has 316 valence electrons. The molecular weight excluding hydrogens is 758 g/mol. The monoisotopic (exact) mass is 817 g/mol. The fourth-order valence-electron chi connectivity index (χ4n) is 7.52. The average molecular weight is 818 g/mol. The van der Waals surface area contributed by atoms with Crippen LogP contribution in [0, 0.1) is 17.7 Å². The maximum atomic E-state index is 14.3. The van der Waals surface area contributed by atoms with Crippen molar-refractivity contribution in [2.45, 2.75) is 116 Å². The van der Waals surface area contributed by atoms with Crippen molar-refractivity contribution in [3.8, 4) is 0 Å². The Morgan fingerprint density at radius 2 is 1.84 bits per heavy atom. The number of benzene rings is 1. The molecule has 57 heavy (non-hydrogen) atoms. The summed E-state index contributed by atoms with van der Waals surface area (Å²) < 4.78 is 30.5. The van der Waals surface area contributed by atoms with Gasteiger partial charge in [-0.2, -0.15) is 0 Å². The van der Waals surface area contributed by atoms with Crippen LogP contribution in [-0.4, -0.2) is 110 Å². The van der Waals surface area contributed by atoms with Gasteiger partial charge in [-0.25, -0.2) is 19.6 Å². The van der Waals surface area contributed by atoms with E-state index < -0.39 is 47.8 Å². The molecular formula is C40H60FN7O8S. The van der Waals surface area contributed by atoms with Gasteiger partial charge in [-0.3, -0.25) is 29.5 Å². The molecule has 0 saturated carbocycles. The quantitative estimate of drug-likeness (QED) is 0.101. The summed E-state index contributed by atoms with van der Waals surface area (Å²) >= 11 is 1.25. The number of rotatable bonds is 17. The van der Waals surface area contributed by atoms with Gasteiger partial charge in [0.05, 0.1) is 19.1 Å². The number of fused-ring (bicyclic) bond motifs is 1. The van der Waals surface area contributed by atoms with Gasteiger partial charge in [0.1, 0.15) is 35.5 Å². The normalized spacial score (nSPS) is 20.4. The van der Waals surface area contributed by atoms with Gasteiger partial charge < -0.3 is 29.7 Å². The molecule has 2 aromatic rings. The van der Waals surface area contributed by atoms with E-state index in [0.717, 1.165) is 32.9 Å². The molecule has 17 heteroatoms. The van der Waals surface area contributed by atoms with Crippen molar-refractivity contribution < 1.29 is 42.6 Å². The number of likely N-dealkylation sites (tertiary alicyclic amines) is 1. The number of carbonyl (C=O) groups excluding carboxylic acids is 5. The van der Waals surface area contributed by atoms with Crippen LogP contribution in [0.1, 0.15) is 112 Å². The van der Waals surface area contributed by atoms with Gasteiger partial charge >= 0.3 is 6.09 Å². The number of halogens is 1. The maximum Gasteiger partial charge on any atom is 0.425 e. The van der Waals surface area contributed by atoms with E-state index in [1.807, 2.05) is 41.7 Å². The first-order valence-corrected chi connectivity index (χ1v) is 20.7. The SMILES string of the molecule is CCOCO[C@H](C[C@H](C(C)C)N(C)C(=O)C(NC(=O)[C@H]1CCCCN1C)[C@@H](C)CC)c1nc(C(=O)N[C@H]2Cc3ccc(F)cc3[C@H](C(=O)NNC(=O)OC)C2)cs1. The second kappa shape index (κ2) is 21.5. The zero-order valence-electron chi connectivity index (χ0n) is 34.4. The third-order valence-electron chi connectivity index (χ3n) is 11.1. The van der Waals surface area contributed by atoms with E-state index in [4.69, 9.17) is 9.47 Å². The summed E-state index contributed by atoms with van der Waals surface area (Å²) in [5, 5.41) is 8.25. The largest absolute Gasteiger partial charge is 0.452 e. The fraction of sp³-hybridized carbons (Fsp3) is 0.650. The zero-order chi connectivity index (χ0) is 41.8. The number of ether oxygens (including phenoxy) is 3. The van der Waals surface area contributed by atoms with Gasteiger partial charge in [-0.1, -0.05) is 46.6 Å². The molecule has 5 amide bonds. The first kappa shape index (κ1) is 45.5. The lowest BCUT2D eigenvalue weighted by Gasteiger charge is -2.38. The van der Waals surface area contributed by atoms with Crippen LogP contribution in [0.25, 0.3) is 0 Å². The molecule has 1 aliphatic carbocycles. The Balaban J connectivity index is 1.51. The number of carbonyl (C=O) groups is 5. The van der Waals surface area contributed by atoms with Gasteiger partial charge in [0.25, 0.3) is 5.91 Å². The van der Waals surface area contributed by atoms with Crippen molar-refractivity contribution in [2.24, 2.45) is 11.8 Å². The number of piperidine rings is 1. The molecule has 4 N–H and O–H groups in total. The molecule has 2 heterocycles. The van der Waals surface area contributed by atoms with E-state index >= 15 is 0 Å². The van der Waals surface area contributed by atoms with Crippen LogP contribution in [0.15, 0.2) is 23.6 Å². The predicted molar refractivity (Wildman–Crippen MR) is 213 cm³/mol. The maximum absolute atomic E-state index is 14.3. The summed E-state index contributed by atoms with van der Waals surface area (Å²) in [4.78, 5) is 74.6. The summed E-state index contributed by atoms with van der Waals surface area (Å²) in [6.07, 6.45) is 2.80. The van der Waals surface area contributed by atoms with E-state index in [-0.39, 0.29) is 54.6 Å². The lowest BCUT2D eigenvalue weighted by atomic mass is 9.79. The lowest BCUT2D eigenvalue weighted by molar-refractivity contribution is -0.142. The number of hydrogen-bond donors (Lipinski definition) is 4. The number of likely N-dealkylation sites (N-methyl/N-ethyl adjacent to an activating group) is 2. The van der Waals surface area contributed by atoms with Crippen molar-refractivity contribution >= 4 is 41.1 Å². The minimum Gasteiger partial charge on any atom is -0.452 e. The highest BCUT2D eigenvalue weighted by Gasteiger charge is 2.38. The first-order valence-electron chi connectivity index (χ1n) is 19.8. The summed E-state index contributed by atoms with van der Waals surface area (Å²) in [5.41, 5.74) is 5.75. The summed E-state index contributed by atoms with van der Waals surface area (Å²) in [5.74, 6) is -2.85. The van der Waals surface area contributed by atoms with Crippen molar-refractivity contribution in [3.63, 3.8) is 0 Å². The van der Waals surface area contributed by atoms with Gasteiger partial charge in [-0.15, -0.1) is 11.3 Å². The van der Waals surface area contributed by atoms with E-state index in [2.05, 4.69) is 36.1 Å². The van der Waals surface area contributed by atoms with Gasteiger partial charge in [0.15, 0.2) is 0 Å². The fourth-order valence-corrected chi connectivity index (χ4v) is 8.38. The summed E-state index contributed by atoms with van der Waals surface area (Å²) in [6.45, 7) is 11.1. The molecule has 1 fully saturated rings. The highest BCUT2D eigenvalue weighted by atomic mass is 32.1. The minimum atomic E-state index is -0.872. The van der Waals surface area contributed by atoms with Crippen LogP contribution < -0.4 is 21.5 Å². The molecule has 1 unspecified atom stereocenters. The lowest BCUT2D eigenvalue weighted by Crippen LogP contribution is -2.58. The van der Waals surface area contributed by atoms with Crippen molar-refractivity contribution in [3.05, 3.63) is 51.2 Å². The number of nitrogens with one attached hydrogen (secondary N) is 4. The van der Waals surface area contributed by atoms with Gasteiger partial charge in [0, 0.05) is 37.5 Å². The van der Waals surface area contributed by atoms with Crippen LogP contribution in [0.5, 0.6) is 0 Å². The second-order valence-corrected chi connectivity index (χ2v) is 16.2. The Morgan fingerprint density at radius 3 is 2.51 bits per heavy atom. The molecule has 15 nitrogen and oxygen atoms in total. The third kappa shape index (κ3) is 12.2. The molecule has 4 rings (SSSR count). The first-order chi connectivity index (χ1) is 27.2. The van der Waals surface area contributed by atoms with Gasteiger partial charge in [-0.05, 0) is 81.3 Å². The molecule has 0 radical (unpaired) electrons. The predicted octanol–water partition coefficient (Wildman–Crippen LogP) is 4.44. The molecule has 1 aliphatic heterocycles. The molecule has 1 saturated heterocycles. The van der Waals surface area contributed by atoms with Crippen LogP contribution in [0.4, 0.5) is 9.18 Å². The number of thiazole rings is 1. The summed E-state index contributed by atoms with van der Waals surface area (Å²) in [6, 6.07) is 2.36. The Labute approximate surface area is 339 Å². The average Bonchev–Trinajstić information content (AvgIpc) is 3.70. The standard InChI is InChI=1S/C40H60FN7O8S/c1-9-24(5)34(44-37(51)31-13-11-12-16-47(31)6)39(52)48(7)32(23(3)4)20-33(56-22-55-10-2)38-43-30(21-57-38)36(50)42-27-17-25-14-15-26(41)18-28(25)29(19-27)35(49)45-46-40(53)54-8/h14-15,18,21,23-24,27,29,31-34H,9-13,16-17,19-20,22H2,1-8H3,(H,42,50)(H,44,51)(H,45,49)(H,46,53)/t24-,27-,29+,31+,32+,33+,34?/m0/s1. The van der Waals surface area contributed by atoms with Crippen molar-refractivity contribution in [1.82, 2.24) is 36.3 Å². The Kier molecular flexibility index (Phi) is 17.2. The molecule has 1 aromatic carbocycles. The Morgan fingerprint density at radius 1 is 1.09 bits per heavy atom. The molecule has 1 aromatic heterocycles. The number of aromatic nitrogens is 1. The minimum absolute atomic E-state index is 0.00624. The topological polar surface area (TPSA) is 181 Å². The molecule has 0 spiro atoms. The van der Waals surface area contributed by atoms with Crippen molar-refractivity contribution in [1.29, 1.82) is 0 Å². The molecule has 0 bridgehead atoms. The van der Waals surface area contributed by atoms with Crippen LogP contribution in [-0.2, 0) is 35.0 Å². The number of nitrogens with zero attached hydrogens (tertiary/aromatic N) is 3. The van der Waals surface area contributed by atoms with Crippen LogP contribution in [0.3, 0.4) is 0 Å². The number of amides is 5. The van der Waals surface area contributed by atoms with E-state index in [0.29, 0.717) is 42.0 Å². The number of methoxy groups -OCH3 is 1. The second-order valence-electron chi connectivity index (χ2n) is 15.3. The highest BCUT2D eigenvalue weighted by molar-refractivity contribution is 7.09. The third-order valence-corrected chi connectivity index (χ3v) is 12.0. The van der Waals surface area contributed by atoms with E-state index in [9.17, 15) is 28.4 Å². The Bertz CT molecular complexity index is 1690. The van der Waals surface area contributed by atoms with Gasteiger partial charge in [0.2, 0.25) is 17.7 Å². The van der Waals surface area contributed by atoms with E-state index in [1.54, 1.807) is 23.4 Å². The number of hydrazine groups is 1.